The highest BCUT2D eigenvalue weighted by Crippen LogP contribution is 2.15. The van der Waals surface area contributed by atoms with Crippen LogP contribution < -0.4 is 20.1 Å². The van der Waals surface area contributed by atoms with Crippen molar-refractivity contribution in [3.05, 3.63) is 54.1 Å². The molecule has 0 saturated heterocycles. The summed E-state index contributed by atoms with van der Waals surface area (Å²) in [7, 11) is -3.91. The molecule has 0 unspecified atom stereocenters. The van der Waals surface area contributed by atoms with Gasteiger partial charge >= 0.3 is 0 Å². The molecule has 0 spiro atoms. The van der Waals surface area contributed by atoms with Gasteiger partial charge in [0.1, 0.15) is 5.75 Å². The van der Waals surface area contributed by atoms with Gasteiger partial charge in [0, 0.05) is 18.2 Å². The summed E-state index contributed by atoms with van der Waals surface area (Å²) in [5.41, 5.74) is 0.875. The van der Waals surface area contributed by atoms with Crippen LogP contribution in [0.15, 0.2) is 53.4 Å². The topological polar surface area (TPSA) is 114 Å². The van der Waals surface area contributed by atoms with Crippen molar-refractivity contribution in [3.8, 4) is 5.75 Å². The number of hydrogen-bond donors (Lipinski definition) is 3. The minimum absolute atomic E-state index is 0.0334. The first-order chi connectivity index (χ1) is 13.6. The number of anilines is 1. The van der Waals surface area contributed by atoms with Gasteiger partial charge in [-0.2, -0.15) is 0 Å². The van der Waals surface area contributed by atoms with Crippen molar-refractivity contribution in [1.29, 1.82) is 0 Å². The van der Waals surface area contributed by atoms with Crippen LogP contribution in [-0.4, -0.2) is 31.4 Å². The van der Waals surface area contributed by atoms with Crippen molar-refractivity contribution in [2.45, 2.75) is 31.8 Å². The normalized spacial score (nSPS) is 10.9. The highest BCUT2D eigenvalue weighted by atomic mass is 32.2. The van der Waals surface area contributed by atoms with Crippen LogP contribution in [0.3, 0.4) is 0 Å². The first-order valence-electron chi connectivity index (χ1n) is 8.59. The van der Waals surface area contributed by atoms with Crippen LogP contribution in [-0.2, 0) is 14.8 Å². The molecule has 154 valence electrons. The van der Waals surface area contributed by atoms with E-state index in [-0.39, 0.29) is 16.1 Å². The van der Waals surface area contributed by atoms with E-state index in [4.69, 9.17) is 17.0 Å². The van der Waals surface area contributed by atoms with Crippen molar-refractivity contribution in [3.63, 3.8) is 0 Å². The fourth-order valence-electron chi connectivity index (χ4n) is 2.26. The summed E-state index contributed by atoms with van der Waals surface area (Å²) in [5, 5.41) is 5.38. The molecule has 2 aromatic rings. The zero-order chi connectivity index (χ0) is 21.6. The molecule has 2 amide bonds. The summed E-state index contributed by atoms with van der Waals surface area (Å²) >= 11 is 5.12. The molecule has 2 rings (SSSR count). The molecule has 0 atom stereocenters. The Hall–Kier alpha value is -2.98. The first-order valence-corrected chi connectivity index (χ1v) is 10.5. The molecule has 29 heavy (non-hydrogen) atoms. The molecule has 0 aliphatic heterocycles. The smallest absolute Gasteiger partial charge is 0.264 e. The molecule has 2 aromatic carbocycles. The number of benzene rings is 2. The number of rotatable bonds is 6. The fraction of sp³-hybridized carbons (Fsp3) is 0.211. The monoisotopic (exact) mass is 435 g/mol. The average Bonchev–Trinajstić information content (AvgIpc) is 2.61. The lowest BCUT2D eigenvalue weighted by Crippen LogP contribution is -2.34. The molecule has 10 heteroatoms. The second kappa shape index (κ2) is 9.48. The number of ether oxygens (including phenoxy) is 1. The minimum atomic E-state index is -3.91. The van der Waals surface area contributed by atoms with Gasteiger partial charge in [-0.25, -0.2) is 13.1 Å². The van der Waals surface area contributed by atoms with E-state index in [2.05, 4.69) is 10.6 Å². The maximum absolute atomic E-state index is 12.3. The van der Waals surface area contributed by atoms with E-state index in [9.17, 15) is 18.0 Å². The van der Waals surface area contributed by atoms with Crippen molar-refractivity contribution >= 4 is 44.9 Å². The van der Waals surface area contributed by atoms with Crippen LogP contribution in [0.5, 0.6) is 5.75 Å². The summed E-state index contributed by atoms with van der Waals surface area (Å²) in [6.45, 7) is 4.93. The SMILES string of the molecule is CC(=O)NS(=O)(=O)c1ccc(NC(=S)NC(=O)c2ccc(OC(C)C)cc2)cc1. The standard InChI is InChI=1S/C19H21N3O5S2/c1-12(2)27-16-8-4-14(5-9-16)18(24)21-19(28)20-15-6-10-17(11-7-15)29(25,26)22-13(3)23/h4-12H,1-3H3,(H,22,23)(H2,20,21,24,28). The molecule has 0 aromatic heterocycles. The van der Waals surface area contributed by atoms with Crippen molar-refractivity contribution in [2.75, 3.05) is 5.32 Å². The summed E-state index contributed by atoms with van der Waals surface area (Å²) < 4.78 is 31.2. The Bertz CT molecular complexity index is 1000. The Labute approximate surface area is 174 Å². The third-order valence-electron chi connectivity index (χ3n) is 3.42. The van der Waals surface area contributed by atoms with Gasteiger partial charge in [0.2, 0.25) is 5.91 Å². The maximum atomic E-state index is 12.3. The highest BCUT2D eigenvalue weighted by Gasteiger charge is 2.15. The second-order valence-electron chi connectivity index (χ2n) is 6.29. The molecule has 0 aliphatic rings. The minimum Gasteiger partial charge on any atom is -0.491 e. The number of thiocarbonyl (C=S) groups is 1. The number of carbonyl (C=O) groups excluding carboxylic acids is 2. The van der Waals surface area contributed by atoms with Crippen LogP contribution in [0.4, 0.5) is 5.69 Å². The first kappa shape index (κ1) is 22.3. The quantitative estimate of drug-likeness (QED) is 0.597. The van der Waals surface area contributed by atoms with E-state index in [1.165, 1.54) is 24.3 Å². The second-order valence-corrected chi connectivity index (χ2v) is 8.38. The Morgan fingerprint density at radius 3 is 2.10 bits per heavy atom. The van der Waals surface area contributed by atoms with E-state index in [0.29, 0.717) is 17.0 Å². The van der Waals surface area contributed by atoms with Crippen molar-refractivity contribution in [1.82, 2.24) is 10.0 Å². The fourth-order valence-corrected chi connectivity index (χ4v) is 3.46. The maximum Gasteiger partial charge on any atom is 0.264 e. The van der Waals surface area contributed by atoms with Gasteiger partial charge in [-0.05, 0) is 74.6 Å². The number of sulfonamides is 1. The van der Waals surface area contributed by atoms with E-state index < -0.39 is 21.8 Å². The molecule has 0 bridgehead atoms. The largest absolute Gasteiger partial charge is 0.491 e. The lowest BCUT2D eigenvalue weighted by Gasteiger charge is -2.12. The average molecular weight is 436 g/mol. The van der Waals surface area contributed by atoms with E-state index in [1.807, 2.05) is 18.6 Å². The summed E-state index contributed by atoms with van der Waals surface area (Å²) in [5.74, 6) is -0.421. The van der Waals surface area contributed by atoms with Gasteiger partial charge in [-0.15, -0.1) is 0 Å². The van der Waals surface area contributed by atoms with Gasteiger partial charge in [0.15, 0.2) is 5.11 Å². The molecule has 0 heterocycles. The Balaban J connectivity index is 1.96. The van der Waals surface area contributed by atoms with E-state index >= 15 is 0 Å². The third-order valence-corrected chi connectivity index (χ3v) is 5.07. The van der Waals surface area contributed by atoms with Crippen molar-refractivity contribution in [2.24, 2.45) is 0 Å². The molecule has 8 nitrogen and oxygen atoms in total. The van der Waals surface area contributed by atoms with Crippen molar-refractivity contribution < 1.29 is 22.7 Å². The molecular formula is C19H21N3O5S2. The van der Waals surface area contributed by atoms with Gasteiger partial charge in [-0.3, -0.25) is 14.9 Å². The molecule has 3 N–H and O–H groups in total. The van der Waals surface area contributed by atoms with Gasteiger partial charge in [0.25, 0.3) is 15.9 Å². The molecule has 0 saturated carbocycles. The molecule has 0 radical (unpaired) electrons. The Morgan fingerprint density at radius 2 is 1.59 bits per heavy atom. The third kappa shape index (κ3) is 6.84. The number of nitrogens with one attached hydrogen (secondary N) is 3. The Kier molecular flexibility index (Phi) is 7.29. The molecular weight excluding hydrogens is 414 g/mol. The predicted octanol–water partition coefficient (Wildman–Crippen LogP) is 2.43. The summed E-state index contributed by atoms with van der Waals surface area (Å²) in [6, 6.07) is 12.2. The van der Waals surface area contributed by atoms with Crippen LogP contribution in [0, 0.1) is 0 Å². The van der Waals surface area contributed by atoms with Gasteiger partial charge < -0.3 is 10.1 Å². The van der Waals surface area contributed by atoms with E-state index in [1.54, 1.807) is 24.3 Å². The van der Waals surface area contributed by atoms with Crippen LogP contribution >= 0.6 is 12.2 Å². The number of amides is 2. The zero-order valence-corrected chi connectivity index (χ0v) is 17.7. The molecule has 0 aliphatic carbocycles. The van der Waals surface area contributed by atoms with Gasteiger partial charge in [0.05, 0.1) is 11.0 Å². The lowest BCUT2D eigenvalue weighted by atomic mass is 10.2. The number of hydrogen-bond acceptors (Lipinski definition) is 6. The van der Waals surface area contributed by atoms with Crippen LogP contribution in [0.1, 0.15) is 31.1 Å². The van der Waals surface area contributed by atoms with Gasteiger partial charge in [-0.1, -0.05) is 0 Å². The molecule has 0 fully saturated rings. The lowest BCUT2D eigenvalue weighted by molar-refractivity contribution is -0.117. The Morgan fingerprint density at radius 1 is 1.00 bits per heavy atom. The van der Waals surface area contributed by atoms with Crippen LogP contribution in [0.25, 0.3) is 0 Å². The van der Waals surface area contributed by atoms with E-state index in [0.717, 1.165) is 6.92 Å². The summed E-state index contributed by atoms with van der Waals surface area (Å²) in [4.78, 5) is 23.2. The zero-order valence-electron chi connectivity index (χ0n) is 16.1. The van der Waals surface area contributed by atoms with Crippen LogP contribution in [0.2, 0.25) is 0 Å². The number of carbonyl (C=O) groups is 2. The predicted molar refractivity (Wildman–Crippen MR) is 113 cm³/mol. The summed E-state index contributed by atoms with van der Waals surface area (Å²) in [6.07, 6.45) is 0.0334. The highest BCUT2D eigenvalue weighted by molar-refractivity contribution is 7.90.